The Balaban J connectivity index is 3.61. The minimum atomic E-state index is 0.0628. The van der Waals surface area contributed by atoms with Crippen LogP contribution < -0.4 is 5.32 Å². The molecule has 0 fully saturated rings. The monoisotopic (exact) mass is 143 g/mol. The highest BCUT2D eigenvalue weighted by Crippen LogP contribution is 2.05. The van der Waals surface area contributed by atoms with Gasteiger partial charge < -0.3 is 5.32 Å². The van der Waals surface area contributed by atoms with E-state index in [9.17, 15) is 4.79 Å². The molecule has 0 aromatic carbocycles. The van der Waals surface area contributed by atoms with E-state index in [4.69, 9.17) is 0 Å². The summed E-state index contributed by atoms with van der Waals surface area (Å²) in [5.74, 6) is 0.636. The molecule has 0 aromatic rings. The Morgan fingerprint density at radius 1 is 1.50 bits per heavy atom. The lowest BCUT2D eigenvalue weighted by Crippen LogP contribution is -2.35. The fraction of sp³-hybridized carbons (Fsp3) is 0.875. The van der Waals surface area contributed by atoms with Crippen LogP contribution in [0, 0.1) is 5.92 Å². The molecule has 2 atom stereocenters. The van der Waals surface area contributed by atoms with Crippen LogP contribution >= 0.6 is 0 Å². The summed E-state index contributed by atoms with van der Waals surface area (Å²) >= 11 is 0. The molecular weight excluding hydrogens is 126 g/mol. The third kappa shape index (κ3) is 3.49. The number of carbonyl (C=O) groups is 1. The predicted octanol–water partition coefficient (Wildman–Crippen LogP) is 1.56. The lowest BCUT2D eigenvalue weighted by atomic mass is 10.0. The van der Waals surface area contributed by atoms with Crippen molar-refractivity contribution >= 4 is 5.91 Å². The largest absolute Gasteiger partial charge is 0.354 e. The molecule has 0 rings (SSSR count). The number of hydrogen-bond acceptors (Lipinski definition) is 1. The van der Waals surface area contributed by atoms with Crippen molar-refractivity contribution in [1.82, 2.24) is 5.32 Å². The van der Waals surface area contributed by atoms with Crippen LogP contribution in [0.5, 0.6) is 0 Å². The van der Waals surface area contributed by atoms with E-state index in [0.29, 0.717) is 12.0 Å². The molecule has 0 saturated carbocycles. The number of hydrogen-bond donors (Lipinski definition) is 1. The zero-order chi connectivity index (χ0) is 8.15. The first-order valence-corrected chi connectivity index (χ1v) is 3.85. The Kier molecular flexibility index (Phi) is 4.08. The number of carbonyl (C=O) groups excluding carboxylic acids is 1. The second kappa shape index (κ2) is 4.31. The van der Waals surface area contributed by atoms with Gasteiger partial charge >= 0.3 is 0 Å². The van der Waals surface area contributed by atoms with Gasteiger partial charge in [-0.3, -0.25) is 4.79 Å². The number of amides is 1. The smallest absolute Gasteiger partial charge is 0.217 e. The van der Waals surface area contributed by atoms with Gasteiger partial charge in [0.15, 0.2) is 0 Å². The second-order valence-electron chi connectivity index (χ2n) is 2.87. The van der Waals surface area contributed by atoms with Crippen molar-refractivity contribution in [2.45, 2.75) is 40.2 Å². The molecule has 0 aliphatic rings. The first-order chi connectivity index (χ1) is 4.57. The van der Waals surface area contributed by atoms with Gasteiger partial charge in [-0.15, -0.1) is 0 Å². The molecule has 0 radical (unpaired) electrons. The molecule has 0 spiro atoms. The molecule has 0 heterocycles. The van der Waals surface area contributed by atoms with Crippen molar-refractivity contribution in [1.29, 1.82) is 0 Å². The molecule has 1 amide bonds. The van der Waals surface area contributed by atoms with Crippen LogP contribution in [0.25, 0.3) is 0 Å². The fourth-order valence-electron chi connectivity index (χ4n) is 0.816. The summed E-state index contributed by atoms with van der Waals surface area (Å²) in [7, 11) is 0. The second-order valence-corrected chi connectivity index (χ2v) is 2.87. The van der Waals surface area contributed by atoms with Gasteiger partial charge in [0.2, 0.25) is 5.91 Å². The van der Waals surface area contributed by atoms with Gasteiger partial charge in [-0.25, -0.2) is 0 Å². The Labute approximate surface area is 63.0 Å². The van der Waals surface area contributed by atoms with E-state index < -0.39 is 0 Å². The molecule has 0 aliphatic heterocycles. The molecule has 0 aliphatic carbocycles. The molecule has 2 nitrogen and oxygen atoms in total. The highest BCUT2D eigenvalue weighted by molar-refractivity contribution is 5.73. The Bertz CT molecular complexity index is 112. The Morgan fingerprint density at radius 3 is 2.30 bits per heavy atom. The van der Waals surface area contributed by atoms with E-state index in [2.05, 4.69) is 19.2 Å². The van der Waals surface area contributed by atoms with Crippen molar-refractivity contribution in [2.75, 3.05) is 0 Å². The zero-order valence-electron chi connectivity index (χ0n) is 7.27. The van der Waals surface area contributed by atoms with E-state index in [1.54, 1.807) is 6.92 Å². The first kappa shape index (κ1) is 9.47. The predicted molar refractivity (Wildman–Crippen MR) is 42.7 cm³/mol. The van der Waals surface area contributed by atoms with E-state index in [1.807, 2.05) is 6.92 Å². The van der Waals surface area contributed by atoms with E-state index in [0.717, 1.165) is 6.42 Å². The minimum absolute atomic E-state index is 0.0628. The van der Waals surface area contributed by atoms with Gasteiger partial charge in [-0.05, 0) is 12.8 Å². The maximum Gasteiger partial charge on any atom is 0.217 e. The molecule has 1 N–H and O–H groups in total. The summed E-state index contributed by atoms with van der Waals surface area (Å²) in [5, 5.41) is 2.85. The summed E-state index contributed by atoms with van der Waals surface area (Å²) in [4.78, 5) is 10.6. The van der Waals surface area contributed by atoms with Gasteiger partial charge in [0.1, 0.15) is 0 Å². The summed E-state index contributed by atoms with van der Waals surface area (Å²) in [6.07, 6.45) is 1.11. The molecule has 0 bridgehead atoms. The number of rotatable bonds is 3. The molecule has 60 valence electrons. The maximum atomic E-state index is 10.6. The minimum Gasteiger partial charge on any atom is -0.354 e. The van der Waals surface area contributed by atoms with Crippen LogP contribution in [0.4, 0.5) is 0 Å². The molecule has 0 unspecified atom stereocenters. The van der Waals surface area contributed by atoms with Crippen molar-refractivity contribution in [3.05, 3.63) is 0 Å². The normalized spacial score (nSPS) is 16.0. The molecule has 2 heteroatoms. The first-order valence-electron chi connectivity index (χ1n) is 3.85. The Hall–Kier alpha value is -0.530. The SMILES string of the molecule is CC[C@H](C)[C@@H](C)NC(C)=O. The van der Waals surface area contributed by atoms with Crippen LogP contribution in [0.3, 0.4) is 0 Å². The zero-order valence-corrected chi connectivity index (χ0v) is 7.27. The van der Waals surface area contributed by atoms with Gasteiger partial charge in [0.25, 0.3) is 0 Å². The van der Waals surface area contributed by atoms with Crippen LogP contribution in [0.15, 0.2) is 0 Å². The highest BCUT2D eigenvalue weighted by Gasteiger charge is 2.09. The average molecular weight is 143 g/mol. The standard InChI is InChI=1S/C8H17NO/c1-5-6(2)7(3)9-8(4)10/h6-7H,5H2,1-4H3,(H,9,10)/t6-,7+/m0/s1. The molecule has 10 heavy (non-hydrogen) atoms. The quantitative estimate of drug-likeness (QED) is 0.638. The Morgan fingerprint density at radius 2 is 2.00 bits per heavy atom. The van der Waals surface area contributed by atoms with Crippen molar-refractivity contribution < 1.29 is 4.79 Å². The van der Waals surface area contributed by atoms with Crippen LogP contribution in [0.1, 0.15) is 34.1 Å². The fourth-order valence-corrected chi connectivity index (χ4v) is 0.816. The van der Waals surface area contributed by atoms with Gasteiger partial charge in [-0.1, -0.05) is 20.3 Å². The van der Waals surface area contributed by atoms with Crippen LogP contribution in [-0.4, -0.2) is 11.9 Å². The lowest BCUT2D eigenvalue weighted by Gasteiger charge is -2.18. The van der Waals surface area contributed by atoms with E-state index in [1.165, 1.54) is 0 Å². The maximum absolute atomic E-state index is 10.6. The molecule has 0 saturated heterocycles. The third-order valence-corrected chi connectivity index (χ3v) is 1.93. The molecular formula is C8H17NO. The highest BCUT2D eigenvalue weighted by atomic mass is 16.1. The molecule has 0 aromatic heterocycles. The topological polar surface area (TPSA) is 29.1 Å². The summed E-state index contributed by atoms with van der Waals surface area (Å²) in [6, 6.07) is 0.308. The number of nitrogens with one attached hydrogen (secondary N) is 1. The third-order valence-electron chi connectivity index (χ3n) is 1.93. The van der Waals surface area contributed by atoms with E-state index in [-0.39, 0.29) is 5.91 Å². The van der Waals surface area contributed by atoms with E-state index >= 15 is 0 Å². The van der Waals surface area contributed by atoms with Gasteiger partial charge in [-0.2, -0.15) is 0 Å². The summed E-state index contributed by atoms with van der Waals surface area (Å²) in [5.41, 5.74) is 0. The van der Waals surface area contributed by atoms with Crippen molar-refractivity contribution in [3.8, 4) is 0 Å². The lowest BCUT2D eigenvalue weighted by molar-refractivity contribution is -0.119. The van der Waals surface area contributed by atoms with Gasteiger partial charge in [0, 0.05) is 13.0 Å². The van der Waals surface area contributed by atoms with Gasteiger partial charge in [0.05, 0.1) is 0 Å². The van der Waals surface area contributed by atoms with Crippen molar-refractivity contribution in [2.24, 2.45) is 5.92 Å². The van der Waals surface area contributed by atoms with Crippen LogP contribution in [-0.2, 0) is 4.79 Å². The van der Waals surface area contributed by atoms with Crippen molar-refractivity contribution in [3.63, 3.8) is 0 Å². The summed E-state index contributed by atoms with van der Waals surface area (Å²) < 4.78 is 0. The van der Waals surface area contributed by atoms with Crippen LogP contribution in [0.2, 0.25) is 0 Å². The summed E-state index contributed by atoms with van der Waals surface area (Å²) in [6.45, 7) is 7.86. The average Bonchev–Trinajstić information content (AvgIpc) is 1.85.